The third-order valence-electron chi connectivity index (χ3n) is 5.23. The second kappa shape index (κ2) is 10.3. The molecule has 1 saturated heterocycles. The van der Waals surface area contributed by atoms with Crippen LogP contribution in [0.2, 0.25) is 5.02 Å². The fraction of sp³-hybridized carbons (Fsp3) is 0.391. The molecule has 6 nitrogen and oxygen atoms in total. The van der Waals surface area contributed by atoms with E-state index in [1.54, 1.807) is 19.0 Å². The number of aliphatic imine (C=N–C) groups is 1. The Morgan fingerprint density at radius 2 is 2.00 bits per heavy atom. The number of likely N-dealkylation sites (N-methyl/N-ethyl adjacent to an activating group) is 1. The Hall–Kier alpha value is -2.73. The van der Waals surface area contributed by atoms with Gasteiger partial charge in [-0.05, 0) is 37.1 Å². The molecule has 2 aromatic rings. The van der Waals surface area contributed by atoms with E-state index in [0.717, 1.165) is 35.8 Å². The lowest BCUT2D eigenvalue weighted by atomic mass is 10.1. The SMILES string of the molecule is CC(NC(=NCC(=O)N(C)C)NC1CCN(c2cccc(Cl)c2)C1)c1ccccc1. The zero-order valence-electron chi connectivity index (χ0n) is 17.8. The molecule has 3 rings (SSSR count). The summed E-state index contributed by atoms with van der Waals surface area (Å²) in [6.45, 7) is 3.99. The zero-order valence-corrected chi connectivity index (χ0v) is 18.6. The van der Waals surface area contributed by atoms with E-state index in [2.05, 4.69) is 45.6 Å². The fourth-order valence-electron chi connectivity index (χ4n) is 3.43. The normalized spacial score (nSPS) is 17.5. The number of anilines is 1. The summed E-state index contributed by atoms with van der Waals surface area (Å²) in [5, 5.41) is 7.71. The third-order valence-corrected chi connectivity index (χ3v) is 5.46. The third kappa shape index (κ3) is 6.13. The summed E-state index contributed by atoms with van der Waals surface area (Å²) in [5.41, 5.74) is 2.29. The molecule has 30 heavy (non-hydrogen) atoms. The van der Waals surface area contributed by atoms with E-state index in [0.29, 0.717) is 5.96 Å². The Morgan fingerprint density at radius 3 is 2.70 bits per heavy atom. The predicted molar refractivity (Wildman–Crippen MR) is 124 cm³/mol. The molecule has 2 atom stereocenters. The van der Waals surface area contributed by atoms with Gasteiger partial charge in [0.25, 0.3) is 0 Å². The molecule has 0 radical (unpaired) electrons. The number of carbonyl (C=O) groups excluding carboxylic acids is 1. The number of rotatable bonds is 6. The number of carbonyl (C=O) groups is 1. The van der Waals surface area contributed by atoms with Crippen molar-refractivity contribution in [1.82, 2.24) is 15.5 Å². The zero-order chi connectivity index (χ0) is 21.5. The topological polar surface area (TPSA) is 60.0 Å². The van der Waals surface area contributed by atoms with Gasteiger partial charge in [0.1, 0.15) is 6.54 Å². The molecule has 1 aliphatic heterocycles. The molecule has 7 heteroatoms. The molecule has 1 amide bonds. The van der Waals surface area contributed by atoms with Gasteiger partial charge in [-0.3, -0.25) is 4.79 Å². The minimum Gasteiger partial charge on any atom is -0.369 e. The molecule has 0 aromatic heterocycles. The minimum atomic E-state index is -0.0320. The Balaban J connectivity index is 1.67. The van der Waals surface area contributed by atoms with Crippen molar-refractivity contribution in [2.24, 2.45) is 4.99 Å². The Kier molecular flexibility index (Phi) is 7.57. The van der Waals surface area contributed by atoms with Crippen molar-refractivity contribution in [2.45, 2.75) is 25.4 Å². The second-order valence-corrected chi connectivity index (χ2v) is 8.22. The van der Waals surface area contributed by atoms with Crippen molar-refractivity contribution in [2.75, 3.05) is 38.6 Å². The first-order valence-electron chi connectivity index (χ1n) is 10.3. The quantitative estimate of drug-likeness (QED) is 0.548. The maximum atomic E-state index is 12.1. The summed E-state index contributed by atoms with van der Waals surface area (Å²) >= 11 is 6.15. The second-order valence-electron chi connectivity index (χ2n) is 7.79. The van der Waals surface area contributed by atoms with E-state index in [1.807, 2.05) is 36.4 Å². The van der Waals surface area contributed by atoms with Gasteiger partial charge in [0, 0.05) is 43.9 Å². The maximum absolute atomic E-state index is 12.1. The lowest BCUT2D eigenvalue weighted by molar-refractivity contribution is -0.127. The van der Waals surface area contributed by atoms with E-state index in [4.69, 9.17) is 11.6 Å². The number of hydrogen-bond donors (Lipinski definition) is 2. The van der Waals surface area contributed by atoms with Crippen LogP contribution < -0.4 is 15.5 Å². The fourth-order valence-corrected chi connectivity index (χ4v) is 3.61. The molecule has 2 unspecified atom stereocenters. The van der Waals surface area contributed by atoms with Crippen LogP contribution in [-0.4, -0.2) is 56.5 Å². The van der Waals surface area contributed by atoms with Gasteiger partial charge in [0.2, 0.25) is 5.91 Å². The van der Waals surface area contributed by atoms with Crippen LogP contribution in [0.15, 0.2) is 59.6 Å². The van der Waals surface area contributed by atoms with Gasteiger partial charge in [-0.2, -0.15) is 0 Å². The highest BCUT2D eigenvalue weighted by Gasteiger charge is 2.24. The summed E-state index contributed by atoms with van der Waals surface area (Å²) < 4.78 is 0. The van der Waals surface area contributed by atoms with Crippen LogP contribution in [0.25, 0.3) is 0 Å². The van der Waals surface area contributed by atoms with Crippen LogP contribution in [-0.2, 0) is 4.79 Å². The van der Waals surface area contributed by atoms with Crippen LogP contribution in [0.1, 0.15) is 24.9 Å². The van der Waals surface area contributed by atoms with E-state index >= 15 is 0 Å². The van der Waals surface area contributed by atoms with Gasteiger partial charge in [-0.15, -0.1) is 0 Å². The molecular formula is C23H30ClN5O. The van der Waals surface area contributed by atoms with Gasteiger partial charge >= 0.3 is 0 Å². The van der Waals surface area contributed by atoms with Crippen molar-refractivity contribution in [3.05, 3.63) is 65.2 Å². The maximum Gasteiger partial charge on any atom is 0.243 e. The minimum absolute atomic E-state index is 0.0320. The highest BCUT2D eigenvalue weighted by atomic mass is 35.5. The molecule has 0 spiro atoms. The molecule has 0 saturated carbocycles. The van der Waals surface area contributed by atoms with E-state index in [1.165, 1.54) is 0 Å². The van der Waals surface area contributed by atoms with Crippen LogP contribution in [0.4, 0.5) is 5.69 Å². The Morgan fingerprint density at radius 1 is 1.23 bits per heavy atom. The summed E-state index contributed by atoms with van der Waals surface area (Å²) in [5.74, 6) is 0.620. The smallest absolute Gasteiger partial charge is 0.243 e. The first-order chi connectivity index (χ1) is 14.4. The Bertz CT molecular complexity index is 871. The van der Waals surface area contributed by atoms with E-state index in [9.17, 15) is 4.79 Å². The van der Waals surface area contributed by atoms with E-state index in [-0.39, 0.29) is 24.5 Å². The highest BCUT2D eigenvalue weighted by Crippen LogP contribution is 2.23. The summed E-state index contributed by atoms with van der Waals surface area (Å²) in [6.07, 6.45) is 0.981. The lowest BCUT2D eigenvalue weighted by Gasteiger charge is -2.23. The first-order valence-corrected chi connectivity index (χ1v) is 10.6. The van der Waals surface area contributed by atoms with Gasteiger partial charge in [0.15, 0.2) is 5.96 Å². The Labute approximate surface area is 183 Å². The lowest BCUT2D eigenvalue weighted by Crippen LogP contribution is -2.46. The molecular weight excluding hydrogens is 398 g/mol. The molecule has 1 aliphatic rings. The average molecular weight is 428 g/mol. The molecule has 1 heterocycles. The number of hydrogen-bond acceptors (Lipinski definition) is 3. The standard InChI is InChI=1S/C23H30ClN5O/c1-17(18-8-5-4-6-9-18)26-23(25-15-22(30)28(2)3)27-20-12-13-29(16-20)21-11-7-10-19(24)14-21/h4-11,14,17,20H,12-13,15-16H2,1-3H3,(H2,25,26,27). The van der Waals surface area contributed by atoms with Crippen molar-refractivity contribution in [3.8, 4) is 0 Å². The average Bonchev–Trinajstić information content (AvgIpc) is 3.20. The number of guanidine groups is 1. The number of halogens is 1. The molecule has 2 aromatic carbocycles. The van der Waals surface area contributed by atoms with Gasteiger partial charge < -0.3 is 20.4 Å². The number of benzene rings is 2. The summed E-state index contributed by atoms with van der Waals surface area (Å²) in [4.78, 5) is 20.5. The van der Waals surface area contributed by atoms with Crippen molar-refractivity contribution in [1.29, 1.82) is 0 Å². The monoisotopic (exact) mass is 427 g/mol. The number of amides is 1. The molecule has 160 valence electrons. The summed E-state index contributed by atoms with van der Waals surface area (Å²) in [6, 6.07) is 18.4. The molecule has 1 fully saturated rings. The molecule has 2 N–H and O–H groups in total. The van der Waals surface area contributed by atoms with Gasteiger partial charge in [0.05, 0.1) is 6.04 Å². The van der Waals surface area contributed by atoms with Crippen LogP contribution >= 0.6 is 11.6 Å². The largest absolute Gasteiger partial charge is 0.369 e. The van der Waals surface area contributed by atoms with Gasteiger partial charge in [-0.1, -0.05) is 48.0 Å². The van der Waals surface area contributed by atoms with Crippen LogP contribution in [0.5, 0.6) is 0 Å². The number of nitrogens with one attached hydrogen (secondary N) is 2. The van der Waals surface area contributed by atoms with Crippen LogP contribution in [0.3, 0.4) is 0 Å². The predicted octanol–water partition coefficient (Wildman–Crippen LogP) is 3.30. The first kappa shape index (κ1) is 22.0. The van der Waals surface area contributed by atoms with Crippen molar-refractivity contribution in [3.63, 3.8) is 0 Å². The highest BCUT2D eigenvalue weighted by molar-refractivity contribution is 6.30. The van der Waals surface area contributed by atoms with Gasteiger partial charge in [-0.25, -0.2) is 4.99 Å². The molecule has 0 bridgehead atoms. The van der Waals surface area contributed by atoms with Crippen LogP contribution in [0, 0.1) is 0 Å². The van der Waals surface area contributed by atoms with Crippen molar-refractivity contribution >= 4 is 29.2 Å². The molecule has 0 aliphatic carbocycles. The van der Waals surface area contributed by atoms with E-state index < -0.39 is 0 Å². The summed E-state index contributed by atoms with van der Waals surface area (Å²) in [7, 11) is 3.48. The number of nitrogens with zero attached hydrogens (tertiary/aromatic N) is 3. The van der Waals surface area contributed by atoms with Crippen molar-refractivity contribution < 1.29 is 4.79 Å².